The molecule has 1 N–H and O–H groups in total. The quantitative estimate of drug-likeness (QED) is 0.167. The predicted molar refractivity (Wildman–Crippen MR) is 248 cm³/mol. The Balaban J connectivity index is 1.42. The average molecular weight is 779 g/mol. The number of benzene rings is 6. The molecule has 0 aliphatic rings. The second kappa shape index (κ2) is 15.2. The van der Waals surface area contributed by atoms with E-state index in [9.17, 15) is 5.11 Å². The molecule has 59 heavy (non-hydrogen) atoms. The number of hydrogen-bond acceptors (Lipinski definition) is 3. The van der Waals surface area contributed by atoms with Gasteiger partial charge in [-0.3, -0.25) is 9.55 Å². The van der Waals surface area contributed by atoms with E-state index in [0.29, 0.717) is 22.6 Å². The Morgan fingerprint density at radius 3 is 2.00 bits per heavy atom. The number of fused-ring (bicyclic) bond motifs is 1. The van der Waals surface area contributed by atoms with E-state index in [1.807, 2.05) is 24.3 Å². The van der Waals surface area contributed by atoms with Crippen molar-refractivity contribution in [1.29, 1.82) is 0 Å². The first-order valence-electron chi connectivity index (χ1n) is 23.0. The summed E-state index contributed by atoms with van der Waals surface area (Å²) in [6.45, 7) is 19.6. The van der Waals surface area contributed by atoms with Gasteiger partial charge in [-0.1, -0.05) is 159 Å². The molecule has 0 radical (unpaired) electrons. The summed E-state index contributed by atoms with van der Waals surface area (Å²) in [6, 6.07) is 37.5. The molecule has 4 nitrogen and oxygen atoms in total. The zero-order valence-corrected chi connectivity index (χ0v) is 35.5. The van der Waals surface area contributed by atoms with Gasteiger partial charge in [0.2, 0.25) is 0 Å². The molecule has 6 aromatic carbocycles. The van der Waals surface area contributed by atoms with Crippen molar-refractivity contribution in [2.24, 2.45) is 0 Å². The molecule has 0 spiro atoms. The zero-order valence-electron chi connectivity index (χ0n) is 40.5. The SMILES string of the molecule is [2H]c1c([2H])c([2H])c(-c2ccnc(-c3cc(-c4cccc5c4nc(-c4cccc(C(C)(C)CC)c4O)n5-c4ccc(C(C)(C)C)cc4-c4ccccc4)cc(C(C)(C)C)c3)c2)c([2H])c1[2H]. The van der Waals surface area contributed by atoms with Crippen LogP contribution in [0.2, 0.25) is 0 Å². The number of imidazole rings is 1. The Morgan fingerprint density at radius 2 is 1.29 bits per heavy atom. The van der Waals surface area contributed by atoms with E-state index in [2.05, 4.69) is 146 Å². The van der Waals surface area contributed by atoms with Crippen molar-refractivity contribution in [1.82, 2.24) is 14.5 Å². The van der Waals surface area contributed by atoms with Gasteiger partial charge in [-0.25, -0.2) is 4.98 Å². The van der Waals surface area contributed by atoms with E-state index >= 15 is 0 Å². The Bertz CT molecular complexity index is 3070. The van der Waals surface area contributed by atoms with Crippen LogP contribution in [0.3, 0.4) is 0 Å². The van der Waals surface area contributed by atoms with Gasteiger partial charge in [0.05, 0.1) is 34.8 Å². The molecule has 0 aliphatic carbocycles. The summed E-state index contributed by atoms with van der Waals surface area (Å²) in [7, 11) is 0. The molecule has 8 aromatic rings. The van der Waals surface area contributed by atoms with Crippen LogP contribution in [0.1, 0.15) is 92.3 Å². The maximum atomic E-state index is 12.3. The van der Waals surface area contributed by atoms with Crippen LogP contribution in [0.4, 0.5) is 0 Å². The minimum atomic E-state index is -0.429. The minimum Gasteiger partial charge on any atom is -0.507 e. The fourth-order valence-corrected chi connectivity index (χ4v) is 7.77. The van der Waals surface area contributed by atoms with E-state index in [4.69, 9.17) is 16.8 Å². The molecule has 8 rings (SSSR count). The largest absolute Gasteiger partial charge is 0.507 e. The van der Waals surface area contributed by atoms with E-state index in [1.165, 1.54) is 5.56 Å². The van der Waals surface area contributed by atoms with Crippen LogP contribution >= 0.6 is 0 Å². The van der Waals surface area contributed by atoms with E-state index < -0.39 is 6.04 Å². The van der Waals surface area contributed by atoms with Crippen LogP contribution in [0, 0.1) is 0 Å². The highest BCUT2D eigenvalue weighted by molar-refractivity contribution is 5.98. The summed E-state index contributed by atoms with van der Waals surface area (Å²) in [5.74, 6) is 0.830. The second-order valence-corrected chi connectivity index (χ2v) is 18.2. The third kappa shape index (κ3) is 7.60. The van der Waals surface area contributed by atoms with Crippen LogP contribution in [0.15, 0.2) is 152 Å². The average Bonchev–Trinajstić information content (AvgIpc) is 3.66. The number of aromatic hydroxyl groups is 1. The van der Waals surface area contributed by atoms with E-state index in [1.54, 1.807) is 18.3 Å². The summed E-state index contributed by atoms with van der Waals surface area (Å²) < 4.78 is 44.3. The van der Waals surface area contributed by atoms with Crippen molar-refractivity contribution >= 4 is 11.0 Å². The van der Waals surface area contributed by atoms with Crippen molar-refractivity contribution in [3.05, 3.63) is 168 Å². The molecule has 0 saturated heterocycles. The molecular formula is C55H55N3O. The highest BCUT2D eigenvalue weighted by Gasteiger charge is 2.28. The zero-order chi connectivity index (χ0) is 46.0. The Labute approximate surface area is 357 Å². The van der Waals surface area contributed by atoms with Crippen LogP contribution in [-0.2, 0) is 16.2 Å². The van der Waals surface area contributed by atoms with Gasteiger partial charge in [0.1, 0.15) is 11.6 Å². The van der Waals surface area contributed by atoms with Crippen LogP contribution in [0.25, 0.3) is 72.7 Å². The van der Waals surface area contributed by atoms with Gasteiger partial charge >= 0.3 is 0 Å². The minimum absolute atomic E-state index is 0.105. The molecule has 0 saturated carbocycles. The Morgan fingerprint density at radius 1 is 0.593 bits per heavy atom. The number of pyridine rings is 1. The molecule has 0 aliphatic heterocycles. The number of rotatable bonds is 8. The Kier molecular flexibility index (Phi) is 8.66. The van der Waals surface area contributed by atoms with Gasteiger partial charge in [0, 0.05) is 28.5 Å². The van der Waals surface area contributed by atoms with Crippen molar-refractivity contribution in [2.45, 2.75) is 85.0 Å². The maximum Gasteiger partial charge on any atom is 0.149 e. The number of para-hydroxylation sites is 2. The fraction of sp³-hybridized carbons (Fsp3) is 0.236. The molecule has 0 fully saturated rings. The maximum absolute atomic E-state index is 12.3. The molecule has 296 valence electrons. The van der Waals surface area contributed by atoms with Gasteiger partial charge in [-0.2, -0.15) is 0 Å². The Hall–Kier alpha value is -6.26. The lowest BCUT2D eigenvalue weighted by atomic mass is 9.81. The van der Waals surface area contributed by atoms with Gasteiger partial charge in [0.15, 0.2) is 0 Å². The molecular weight excluding hydrogens is 719 g/mol. The summed E-state index contributed by atoms with van der Waals surface area (Å²) in [4.78, 5) is 10.3. The third-order valence-corrected chi connectivity index (χ3v) is 11.7. The monoisotopic (exact) mass is 778 g/mol. The van der Waals surface area contributed by atoms with E-state index in [0.717, 1.165) is 62.1 Å². The predicted octanol–water partition coefficient (Wildman–Crippen LogP) is 14.7. The molecule has 0 unspecified atom stereocenters. The molecule has 4 heteroatoms. The standard InChI is InChI=1S/C55H55N3O/c1-10-55(8,9)46-25-17-24-44(51(46)59)52-57-50-43(23-18-26-49(50)58(52)48-28-27-41(53(2,3)4)35-45(48)37-21-15-12-16-22-37)39-31-40(33-42(32-39)54(5,6)7)47-34-38(29-30-56-47)36-19-13-11-14-20-36/h11-35,59H,10H2,1-9H3/i11D,13D,14D,19D,20D. The lowest BCUT2D eigenvalue weighted by molar-refractivity contribution is 0.430. The smallest absolute Gasteiger partial charge is 0.149 e. The van der Waals surface area contributed by atoms with Crippen molar-refractivity contribution in [2.75, 3.05) is 0 Å². The fourth-order valence-electron chi connectivity index (χ4n) is 7.77. The van der Waals surface area contributed by atoms with Crippen molar-refractivity contribution < 1.29 is 12.0 Å². The van der Waals surface area contributed by atoms with Crippen LogP contribution in [-0.4, -0.2) is 19.6 Å². The first-order chi connectivity index (χ1) is 30.2. The lowest BCUT2D eigenvalue weighted by Gasteiger charge is -2.26. The highest BCUT2D eigenvalue weighted by Crippen LogP contribution is 2.45. The van der Waals surface area contributed by atoms with Gasteiger partial charge in [0.25, 0.3) is 0 Å². The summed E-state index contributed by atoms with van der Waals surface area (Å²) in [5, 5.41) is 12.3. The third-order valence-electron chi connectivity index (χ3n) is 11.7. The number of phenols is 1. The first kappa shape index (κ1) is 33.7. The molecule has 0 atom stereocenters. The summed E-state index contributed by atoms with van der Waals surface area (Å²) in [5.41, 5.74) is 11.6. The summed E-state index contributed by atoms with van der Waals surface area (Å²) in [6.07, 6.45) is 2.46. The number of nitrogens with zero attached hydrogens (tertiary/aromatic N) is 3. The van der Waals surface area contributed by atoms with Crippen molar-refractivity contribution in [3.8, 4) is 67.5 Å². The van der Waals surface area contributed by atoms with Gasteiger partial charge in [-0.15, -0.1) is 0 Å². The van der Waals surface area contributed by atoms with Gasteiger partial charge < -0.3 is 5.11 Å². The van der Waals surface area contributed by atoms with Crippen molar-refractivity contribution in [3.63, 3.8) is 0 Å². The van der Waals surface area contributed by atoms with Crippen LogP contribution in [0.5, 0.6) is 5.75 Å². The van der Waals surface area contributed by atoms with Crippen LogP contribution < -0.4 is 0 Å². The number of hydrogen-bond donors (Lipinski definition) is 1. The normalized spacial score (nSPS) is 13.5. The molecule has 2 heterocycles. The highest BCUT2D eigenvalue weighted by atomic mass is 16.3. The van der Waals surface area contributed by atoms with Gasteiger partial charge in [-0.05, 0) is 105 Å². The lowest BCUT2D eigenvalue weighted by Crippen LogP contribution is -2.16. The number of phenolic OH excluding ortho intramolecular Hbond substituents is 1. The molecule has 0 amide bonds. The second-order valence-electron chi connectivity index (χ2n) is 18.2. The first-order valence-corrected chi connectivity index (χ1v) is 20.5. The van der Waals surface area contributed by atoms with E-state index in [-0.39, 0.29) is 51.7 Å². The molecule has 2 aromatic heterocycles. The topological polar surface area (TPSA) is 50.9 Å². The summed E-state index contributed by atoms with van der Waals surface area (Å²) >= 11 is 0. The molecule has 0 bridgehead atoms. The number of aromatic nitrogens is 3.